The van der Waals surface area contributed by atoms with Gasteiger partial charge in [0.2, 0.25) is 17.7 Å². The second-order valence-corrected chi connectivity index (χ2v) is 13.2. The van der Waals surface area contributed by atoms with Gasteiger partial charge in [-0.2, -0.15) is 13.2 Å². The molecule has 0 spiro atoms. The smallest absolute Gasteiger partial charge is 0.416 e. The summed E-state index contributed by atoms with van der Waals surface area (Å²) >= 11 is 7.95. The lowest BCUT2D eigenvalue weighted by Gasteiger charge is -2.30. The molecule has 3 amide bonds. The fourth-order valence-electron chi connectivity index (χ4n) is 5.62. The lowest BCUT2D eigenvalue weighted by atomic mass is 9.83. The van der Waals surface area contributed by atoms with Gasteiger partial charge in [-0.25, -0.2) is 9.69 Å². The summed E-state index contributed by atoms with van der Waals surface area (Å²) in [4.78, 5) is 67.5. The molecule has 0 bridgehead atoms. The van der Waals surface area contributed by atoms with Crippen molar-refractivity contribution in [3.8, 4) is 0 Å². The number of nitrogens with zero attached hydrogens (tertiary/aromatic N) is 2. The number of hydrogen-bond acceptors (Lipinski definition) is 8. The molecule has 1 fully saturated rings. The molecule has 47 heavy (non-hydrogen) atoms. The third-order valence-corrected chi connectivity index (χ3v) is 10.5. The summed E-state index contributed by atoms with van der Waals surface area (Å²) in [5.74, 6) is -4.02. The first kappa shape index (κ1) is 32.5. The van der Waals surface area contributed by atoms with Crippen molar-refractivity contribution in [2.45, 2.75) is 35.8 Å². The van der Waals surface area contributed by atoms with E-state index in [1.807, 2.05) is 0 Å². The largest absolute Gasteiger partial charge is 0.462 e. The maximum Gasteiger partial charge on any atom is 0.416 e. The molecule has 3 aromatic carbocycles. The number of anilines is 2. The van der Waals surface area contributed by atoms with E-state index in [0.717, 1.165) is 46.2 Å². The summed E-state index contributed by atoms with van der Waals surface area (Å²) in [7, 11) is 0. The molecule has 1 aromatic heterocycles. The molecule has 9 nitrogen and oxygen atoms in total. The van der Waals surface area contributed by atoms with Gasteiger partial charge in [0.25, 0.3) is 0 Å². The molecule has 0 radical (unpaired) electrons. The molecule has 1 saturated heterocycles. The number of carbonyl (C=O) groups excluding carboxylic acids is 4. The van der Waals surface area contributed by atoms with Gasteiger partial charge < -0.3 is 10.1 Å². The summed E-state index contributed by atoms with van der Waals surface area (Å²) in [6.07, 6.45) is -4.62. The van der Waals surface area contributed by atoms with Crippen LogP contribution >= 0.6 is 34.7 Å². The molecule has 0 aliphatic carbocycles. The van der Waals surface area contributed by atoms with Gasteiger partial charge in [-0.15, -0.1) is 0 Å². The Labute approximate surface area is 278 Å². The van der Waals surface area contributed by atoms with Gasteiger partial charge in [-0.05, 0) is 67.1 Å². The monoisotopic (exact) mass is 701 g/mol. The molecule has 3 atom stereocenters. The van der Waals surface area contributed by atoms with E-state index in [0.29, 0.717) is 20.5 Å². The third kappa shape index (κ3) is 6.20. The molecule has 6 rings (SSSR count). The Bertz CT molecular complexity index is 1960. The van der Waals surface area contributed by atoms with E-state index in [1.165, 1.54) is 34.9 Å². The van der Waals surface area contributed by atoms with E-state index >= 15 is 0 Å². The van der Waals surface area contributed by atoms with Crippen molar-refractivity contribution >= 4 is 69.8 Å². The van der Waals surface area contributed by atoms with Crippen molar-refractivity contribution < 1.29 is 37.1 Å². The normalized spacial score (nSPS) is 18.9. The highest BCUT2D eigenvalue weighted by molar-refractivity contribution is 8.00. The molecular weight excluding hydrogens is 679 g/mol. The minimum atomic E-state index is -4.62. The SMILES string of the molecule is CCOC(=O)c1ccc(N2C(=O)[C@@H]3[C@H](c4ccc(Cl)cc4)c4sc(=O)n(CC(=O)Nc5cccc(C(F)(F)F)c5)c4S[C@@H]3C2=O)cc1. The number of nitrogens with one attached hydrogen (secondary N) is 1. The Balaban J connectivity index is 1.35. The van der Waals surface area contributed by atoms with Gasteiger partial charge in [0.05, 0.1) is 34.4 Å². The second kappa shape index (κ2) is 12.7. The highest BCUT2D eigenvalue weighted by atomic mass is 35.5. The third-order valence-electron chi connectivity index (χ3n) is 7.69. The van der Waals surface area contributed by atoms with Gasteiger partial charge in [0.1, 0.15) is 11.8 Å². The molecule has 0 unspecified atom stereocenters. The number of fused-ring (bicyclic) bond motifs is 2. The molecule has 15 heteroatoms. The number of alkyl halides is 3. The lowest BCUT2D eigenvalue weighted by Crippen LogP contribution is -2.33. The van der Waals surface area contributed by atoms with Gasteiger partial charge >= 0.3 is 17.0 Å². The van der Waals surface area contributed by atoms with Crippen LogP contribution in [0.15, 0.2) is 82.6 Å². The zero-order valence-electron chi connectivity index (χ0n) is 24.2. The van der Waals surface area contributed by atoms with E-state index in [-0.39, 0.29) is 23.5 Å². The zero-order valence-corrected chi connectivity index (χ0v) is 26.6. The van der Waals surface area contributed by atoms with Crippen molar-refractivity contribution in [2.75, 3.05) is 16.8 Å². The number of ether oxygens (including phenoxy) is 1. The van der Waals surface area contributed by atoms with Crippen LogP contribution in [0.4, 0.5) is 24.5 Å². The number of benzene rings is 3. The number of thioether (sulfide) groups is 1. The average Bonchev–Trinajstić information content (AvgIpc) is 3.47. The van der Waals surface area contributed by atoms with Crippen molar-refractivity contribution in [1.29, 1.82) is 0 Å². The number of carbonyl (C=O) groups is 4. The average molecular weight is 702 g/mol. The molecule has 0 saturated carbocycles. The van der Waals surface area contributed by atoms with Gasteiger partial charge in [-0.1, -0.05) is 52.9 Å². The van der Waals surface area contributed by atoms with Gasteiger partial charge in [-0.3, -0.25) is 23.7 Å². The number of imide groups is 1. The van der Waals surface area contributed by atoms with E-state index in [1.54, 1.807) is 31.2 Å². The number of amides is 3. The lowest BCUT2D eigenvalue weighted by molar-refractivity contribution is -0.137. The van der Waals surface area contributed by atoms with Gasteiger partial charge in [0.15, 0.2) is 0 Å². The Hall–Kier alpha value is -4.40. The number of halogens is 4. The highest BCUT2D eigenvalue weighted by Gasteiger charge is 2.56. The van der Waals surface area contributed by atoms with Crippen LogP contribution in [0.5, 0.6) is 0 Å². The van der Waals surface area contributed by atoms with Crippen LogP contribution in [0.2, 0.25) is 5.02 Å². The predicted octanol–water partition coefficient (Wildman–Crippen LogP) is 6.19. The van der Waals surface area contributed by atoms with Crippen molar-refractivity contribution in [3.05, 3.63) is 109 Å². The van der Waals surface area contributed by atoms with E-state index in [9.17, 15) is 37.1 Å². The maximum atomic E-state index is 14.1. The van der Waals surface area contributed by atoms with Crippen molar-refractivity contribution in [3.63, 3.8) is 0 Å². The molecular formula is C32H23ClF3N3O6S2. The summed E-state index contributed by atoms with van der Waals surface area (Å²) in [5, 5.41) is 2.17. The van der Waals surface area contributed by atoms with Gasteiger partial charge in [0, 0.05) is 21.5 Å². The minimum absolute atomic E-state index is 0.102. The van der Waals surface area contributed by atoms with Crippen molar-refractivity contribution in [2.24, 2.45) is 5.92 Å². The highest BCUT2D eigenvalue weighted by Crippen LogP contribution is 2.54. The molecule has 1 N–H and O–H groups in total. The first-order valence-electron chi connectivity index (χ1n) is 14.1. The molecule has 4 aromatic rings. The van der Waals surface area contributed by atoms with Crippen LogP contribution in [-0.4, -0.2) is 40.1 Å². The van der Waals surface area contributed by atoms with E-state index in [2.05, 4.69) is 5.32 Å². The quantitative estimate of drug-likeness (QED) is 0.181. The number of aromatic nitrogens is 1. The Morgan fingerprint density at radius 3 is 2.34 bits per heavy atom. The summed E-state index contributed by atoms with van der Waals surface area (Å²) in [6.45, 7) is 1.31. The second-order valence-electron chi connectivity index (χ2n) is 10.6. The number of thiazole rings is 1. The first-order chi connectivity index (χ1) is 22.4. The Morgan fingerprint density at radius 1 is 0.979 bits per heavy atom. The maximum absolute atomic E-state index is 14.1. The van der Waals surface area contributed by atoms with Crippen LogP contribution in [0.25, 0.3) is 0 Å². The predicted molar refractivity (Wildman–Crippen MR) is 170 cm³/mol. The van der Waals surface area contributed by atoms with Crippen LogP contribution in [0.1, 0.15) is 39.2 Å². The minimum Gasteiger partial charge on any atom is -0.462 e. The topological polar surface area (TPSA) is 115 Å². The number of hydrogen-bond donors (Lipinski definition) is 1. The van der Waals surface area contributed by atoms with E-state index in [4.69, 9.17) is 16.3 Å². The summed E-state index contributed by atoms with van der Waals surface area (Å²) < 4.78 is 45.8. The molecule has 2 aliphatic rings. The van der Waals surface area contributed by atoms with E-state index < -0.39 is 63.9 Å². The van der Waals surface area contributed by atoms with Crippen LogP contribution in [-0.2, 0) is 31.8 Å². The fourth-order valence-corrected chi connectivity index (χ4v) is 8.52. The first-order valence-corrected chi connectivity index (χ1v) is 16.2. The Morgan fingerprint density at radius 2 is 1.68 bits per heavy atom. The van der Waals surface area contributed by atoms with Crippen LogP contribution in [0, 0.1) is 5.92 Å². The summed E-state index contributed by atoms with van der Waals surface area (Å²) in [5.41, 5.74) is 0.0647. The van der Waals surface area contributed by atoms with Crippen LogP contribution in [0.3, 0.4) is 0 Å². The zero-order chi connectivity index (χ0) is 33.6. The fraction of sp³-hybridized carbons (Fsp3) is 0.219. The van der Waals surface area contributed by atoms with Crippen LogP contribution < -0.4 is 15.1 Å². The molecule has 242 valence electrons. The number of rotatable bonds is 7. The van der Waals surface area contributed by atoms with Crippen molar-refractivity contribution in [1.82, 2.24) is 4.57 Å². The number of esters is 1. The summed E-state index contributed by atoms with van der Waals surface area (Å²) in [6, 6.07) is 16.6. The standard InChI is InChI=1S/C32H23ClF3N3O6S2/c1-2-45-30(43)17-8-12-21(13-9-17)39-27(41)24-23(16-6-10-19(33)11-7-16)26-29(46-25(24)28(39)42)38(31(44)47-26)15-22(40)37-20-5-3-4-18(14-20)32(34,35)36/h3-14,23-25H,2,15H2,1H3,(H,37,40)/t23-,24+,25-/m0/s1. The molecule has 2 aliphatic heterocycles. The molecule has 3 heterocycles. The Kier molecular flexibility index (Phi) is 8.76.